The van der Waals surface area contributed by atoms with Gasteiger partial charge in [0, 0.05) is 25.5 Å². The van der Waals surface area contributed by atoms with Gasteiger partial charge in [-0.25, -0.2) is 4.98 Å². The molecular weight excluding hydrogens is 284 g/mol. The molecular formula is C16H19ClN4. The fraction of sp³-hybridized carbons (Fsp3) is 0.375. The highest BCUT2D eigenvalue weighted by Gasteiger charge is 2.17. The number of fused-ring (bicyclic) bond motifs is 1. The Morgan fingerprint density at radius 1 is 1.29 bits per heavy atom. The Kier molecular flexibility index (Phi) is 3.72. The number of hydrogen-bond acceptors (Lipinski definition) is 2. The number of para-hydroxylation sites is 1. The molecule has 4 nitrogen and oxygen atoms in total. The molecule has 5 heteroatoms. The molecule has 0 bridgehead atoms. The zero-order chi connectivity index (χ0) is 15.0. The average molecular weight is 303 g/mol. The Bertz CT molecular complexity index is 785. The monoisotopic (exact) mass is 302 g/mol. The predicted octanol–water partition coefficient (Wildman–Crippen LogP) is 3.41. The summed E-state index contributed by atoms with van der Waals surface area (Å²) in [5, 5.41) is 4.56. The molecule has 1 aromatic carbocycles. The van der Waals surface area contributed by atoms with E-state index in [0.29, 0.717) is 5.88 Å². The second-order valence-electron chi connectivity index (χ2n) is 5.23. The van der Waals surface area contributed by atoms with Crippen LogP contribution in [-0.2, 0) is 19.9 Å². The Labute approximate surface area is 129 Å². The van der Waals surface area contributed by atoms with Crippen molar-refractivity contribution in [3.63, 3.8) is 0 Å². The Hall–Kier alpha value is -1.81. The molecule has 0 fully saturated rings. The molecule has 0 saturated heterocycles. The van der Waals surface area contributed by atoms with Crippen LogP contribution in [0.5, 0.6) is 0 Å². The van der Waals surface area contributed by atoms with Crippen LogP contribution >= 0.6 is 11.6 Å². The van der Waals surface area contributed by atoms with Crippen LogP contribution < -0.4 is 0 Å². The zero-order valence-corrected chi connectivity index (χ0v) is 13.4. The normalized spacial score (nSPS) is 11.4. The van der Waals surface area contributed by atoms with E-state index in [1.165, 1.54) is 5.56 Å². The van der Waals surface area contributed by atoms with E-state index in [2.05, 4.69) is 41.8 Å². The van der Waals surface area contributed by atoms with E-state index in [1.54, 1.807) is 0 Å². The number of aryl methyl sites for hydroxylation is 4. The van der Waals surface area contributed by atoms with E-state index in [-0.39, 0.29) is 0 Å². The van der Waals surface area contributed by atoms with Gasteiger partial charge in [0.05, 0.1) is 22.4 Å². The lowest BCUT2D eigenvalue weighted by Crippen LogP contribution is -2.04. The van der Waals surface area contributed by atoms with Crippen LogP contribution in [0.4, 0.5) is 0 Å². The first kappa shape index (κ1) is 14.1. The minimum atomic E-state index is 0.560. The molecule has 0 aliphatic carbocycles. The van der Waals surface area contributed by atoms with E-state index in [9.17, 15) is 0 Å². The maximum absolute atomic E-state index is 5.97. The van der Waals surface area contributed by atoms with Gasteiger partial charge in [-0.3, -0.25) is 9.25 Å². The number of hydrogen-bond donors (Lipinski definition) is 0. The largest absolute Gasteiger partial charge is 0.293 e. The topological polar surface area (TPSA) is 35.6 Å². The maximum atomic E-state index is 5.97. The van der Waals surface area contributed by atoms with Crippen LogP contribution in [0, 0.1) is 6.92 Å². The van der Waals surface area contributed by atoms with Gasteiger partial charge in [0.25, 0.3) is 0 Å². The van der Waals surface area contributed by atoms with Gasteiger partial charge in [-0.1, -0.05) is 19.1 Å². The summed E-state index contributed by atoms with van der Waals surface area (Å²) >= 11 is 5.97. The molecule has 3 aromatic rings. The second-order valence-corrected chi connectivity index (χ2v) is 5.61. The summed E-state index contributed by atoms with van der Waals surface area (Å²) in [4.78, 5) is 4.77. The summed E-state index contributed by atoms with van der Waals surface area (Å²) in [6, 6.07) is 6.22. The van der Waals surface area contributed by atoms with E-state index in [4.69, 9.17) is 16.6 Å². The lowest BCUT2D eigenvalue weighted by Gasteiger charge is -2.09. The third kappa shape index (κ3) is 2.33. The minimum absolute atomic E-state index is 0.560. The highest BCUT2D eigenvalue weighted by atomic mass is 35.5. The summed E-state index contributed by atoms with van der Waals surface area (Å²) in [5.74, 6) is 1.56. The lowest BCUT2D eigenvalue weighted by molar-refractivity contribution is 0.746. The first-order valence-corrected chi connectivity index (χ1v) is 7.75. The molecule has 21 heavy (non-hydrogen) atoms. The molecule has 0 aliphatic rings. The number of benzene rings is 1. The first-order chi connectivity index (χ1) is 10.2. The van der Waals surface area contributed by atoms with Gasteiger partial charge in [-0.05, 0) is 25.0 Å². The van der Waals surface area contributed by atoms with Crippen molar-refractivity contribution in [1.82, 2.24) is 19.3 Å². The molecule has 0 N–H and O–H groups in total. The zero-order valence-electron chi connectivity index (χ0n) is 12.6. The van der Waals surface area contributed by atoms with Crippen LogP contribution in [0.15, 0.2) is 24.4 Å². The number of imidazole rings is 1. The Morgan fingerprint density at radius 2 is 2.10 bits per heavy atom. The predicted molar refractivity (Wildman–Crippen MR) is 86.4 cm³/mol. The fourth-order valence-electron chi connectivity index (χ4n) is 2.82. The van der Waals surface area contributed by atoms with Gasteiger partial charge in [0.2, 0.25) is 0 Å². The van der Waals surface area contributed by atoms with Gasteiger partial charge >= 0.3 is 0 Å². The van der Waals surface area contributed by atoms with Gasteiger partial charge in [0.1, 0.15) is 5.82 Å². The highest BCUT2D eigenvalue weighted by molar-refractivity contribution is 6.17. The molecule has 0 spiro atoms. The minimum Gasteiger partial charge on any atom is -0.293 e. The lowest BCUT2D eigenvalue weighted by atomic mass is 10.2. The summed E-state index contributed by atoms with van der Waals surface area (Å²) in [7, 11) is 1.95. The molecule has 0 amide bonds. The second kappa shape index (κ2) is 5.53. The molecule has 2 heterocycles. The molecule has 0 saturated carbocycles. The van der Waals surface area contributed by atoms with Crippen LogP contribution in [0.3, 0.4) is 0 Å². The van der Waals surface area contributed by atoms with E-state index in [1.807, 2.05) is 17.8 Å². The van der Waals surface area contributed by atoms with Gasteiger partial charge in [-0.15, -0.1) is 11.6 Å². The van der Waals surface area contributed by atoms with E-state index < -0.39 is 0 Å². The number of rotatable bonds is 4. The summed E-state index contributed by atoms with van der Waals surface area (Å²) in [5.41, 5.74) is 5.57. The van der Waals surface area contributed by atoms with Crippen LogP contribution in [0.2, 0.25) is 0 Å². The van der Waals surface area contributed by atoms with Crippen LogP contribution in [-0.4, -0.2) is 25.2 Å². The Morgan fingerprint density at radius 3 is 2.81 bits per heavy atom. The Balaban J connectivity index is 2.35. The van der Waals surface area contributed by atoms with Crippen molar-refractivity contribution < 1.29 is 0 Å². The molecule has 0 radical (unpaired) electrons. The number of alkyl halides is 1. The van der Waals surface area contributed by atoms with Crippen molar-refractivity contribution in [2.75, 3.05) is 5.88 Å². The average Bonchev–Trinajstić information content (AvgIpc) is 3.00. The standard InChI is InChI=1S/C16H19ClN4/c1-4-12-14(10-20(3)19-12)21-15(8-9-17)18-13-7-5-6-11(2)16(13)21/h5-7,10H,4,8-9H2,1-3H3. The van der Waals surface area contributed by atoms with Crippen molar-refractivity contribution >= 4 is 22.6 Å². The number of aromatic nitrogens is 4. The summed E-state index contributed by atoms with van der Waals surface area (Å²) < 4.78 is 4.08. The number of nitrogens with zero attached hydrogens (tertiary/aromatic N) is 4. The van der Waals surface area contributed by atoms with Crippen molar-refractivity contribution in [1.29, 1.82) is 0 Å². The molecule has 0 aliphatic heterocycles. The van der Waals surface area contributed by atoms with Crippen molar-refractivity contribution in [3.05, 3.63) is 41.5 Å². The molecule has 0 atom stereocenters. The van der Waals surface area contributed by atoms with Crippen LogP contribution in [0.1, 0.15) is 24.0 Å². The van der Waals surface area contributed by atoms with Crippen molar-refractivity contribution in [2.24, 2.45) is 7.05 Å². The summed E-state index contributed by atoms with van der Waals surface area (Å²) in [6.45, 7) is 4.24. The number of halogens is 1. The quantitative estimate of drug-likeness (QED) is 0.692. The van der Waals surface area contributed by atoms with Crippen molar-refractivity contribution in [2.45, 2.75) is 26.7 Å². The van der Waals surface area contributed by atoms with E-state index >= 15 is 0 Å². The van der Waals surface area contributed by atoms with Gasteiger partial charge in [0.15, 0.2) is 0 Å². The maximum Gasteiger partial charge on any atom is 0.115 e. The van der Waals surface area contributed by atoms with Crippen LogP contribution in [0.25, 0.3) is 16.7 Å². The summed E-state index contributed by atoms with van der Waals surface area (Å²) in [6.07, 6.45) is 3.69. The molecule has 2 aromatic heterocycles. The molecule has 110 valence electrons. The fourth-order valence-corrected chi connectivity index (χ4v) is 2.98. The third-order valence-corrected chi connectivity index (χ3v) is 3.91. The molecule has 3 rings (SSSR count). The first-order valence-electron chi connectivity index (χ1n) is 7.21. The third-order valence-electron chi connectivity index (χ3n) is 3.72. The SMILES string of the molecule is CCc1nn(C)cc1-n1c(CCCl)nc2cccc(C)c21. The van der Waals surface area contributed by atoms with Gasteiger partial charge in [-0.2, -0.15) is 5.10 Å². The highest BCUT2D eigenvalue weighted by Crippen LogP contribution is 2.26. The molecule has 0 unspecified atom stereocenters. The van der Waals surface area contributed by atoms with Crippen molar-refractivity contribution in [3.8, 4) is 5.69 Å². The van der Waals surface area contributed by atoms with E-state index in [0.717, 1.165) is 41.1 Å². The van der Waals surface area contributed by atoms with Gasteiger partial charge < -0.3 is 0 Å². The smallest absolute Gasteiger partial charge is 0.115 e.